The lowest BCUT2D eigenvalue weighted by Gasteiger charge is -2.23. The van der Waals surface area contributed by atoms with Crippen LogP contribution in [0.5, 0.6) is 0 Å². The molecule has 0 radical (unpaired) electrons. The summed E-state index contributed by atoms with van der Waals surface area (Å²) < 4.78 is 0. The molecule has 0 aliphatic carbocycles. The van der Waals surface area contributed by atoms with Gasteiger partial charge in [0.1, 0.15) is 5.01 Å². The molecule has 0 spiro atoms. The maximum absolute atomic E-state index is 4.80. The number of thiazole rings is 1. The monoisotopic (exact) mass is 363 g/mol. The summed E-state index contributed by atoms with van der Waals surface area (Å²) in [5, 5.41) is 4.69. The van der Waals surface area contributed by atoms with Crippen LogP contribution in [0.25, 0.3) is 0 Å². The zero-order valence-corrected chi connectivity index (χ0v) is 17.0. The molecule has 1 N–H and O–H groups in total. The molecule has 3 heterocycles. The number of hydrogen-bond acceptors (Lipinski definition) is 4. The van der Waals surface area contributed by atoms with Crippen LogP contribution in [0.4, 0.5) is 0 Å². The molecular formula is C19H33N5S. The van der Waals surface area contributed by atoms with E-state index in [2.05, 4.69) is 40.9 Å². The van der Waals surface area contributed by atoms with Gasteiger partial charge < -0.3 is 15.1 Å². The summed E-state index contributed by atoms with van der Waals surface area (Å²) in [7, 11) is 1.89. The zero-order valence-electron chi connectivity index (χ0n) is 16.2. The molecule has 2 aliphatic heterocycles. The summed E-state index contributed by atoms with van der Waals surface area (Å²) in [5.74, 6) is 2.31. The summed E-state index contributed by atoms with van der Waals surface area (Å²) in [6.07, 6.45) is 4.04. The van der Waals surface area contributed by atoms with Gasteiger partial charge in [-0.3, -0.25) is 4.99 Å². The lowest BCUT2D eigenvalue weighted by molar-refractivity contribution is 0.281. The number of nitrogens with zero attached hydrogens (tertiary/aromatic N) is 4. The van der Waals surface area contributed by atoms with Gasteiger partial charge in [0.25, 0.3) is 0 Å². The van der Waals surface area contributed by atoms with Crippen molar-refractivity contribution in [3.05, 3.63) is 15.6 Å². The van der Waals surface area contributed by atoms with Crippen LogP contribution in [0.3, 0.4) is 0 Å². The van der Waals surface area contributed by atoms with E-state index in [4.69, 9.17) is 4.98 Å². The number of hydrogen-bond donors (Lipinski definition) is 1. The van der Waals surface area contributed by atoms with Crippen LogP contribution in [-0.4, -0.2) is 60.5 Å². The maximum Gasteiger partial charge on any atom is 0.194 e. The normalized spacial score (nSPS) is 22.4. The third-order valence-electron chi connectivity index (χ3n) is 5.33. The summed E-state index contributed by atoms with van der Waals surface area (Å²) in [5.41, 5.74) is 1.24. The summed E-state index contributed by atoms with van der Waals surface area (Å²) >= 11 is 1.81. The average molecular weight is 364 g/mol. The molecule has 25 heavy (non-hydrogen) atoms. The Morgan fingerprint density at radius 3 is 2.72 bits per heavy atom. The molecule has 2 fully saturated rings. The highest BCUT2D eigenvalue weighted by atomic mass is 32.1. The minimum atomic E-state index is 0.495. The van der Waals surface area contributed by atoms with Crippen molar-refractivity contribution in [2.75, 3.05) is 39.8 Å². The first-order valence-corrected chi connectivity index (χ1v) is 10.5. The van der Waals surface area contributed by atoms with Crippen molar-refractivity contribution >= 4 is 17.3 Å². The van der Waals surface area contributed by atoms with Gasteiger partial charge in [0.15, 0.2) is 5.96 Å². The highest BCUT2D eigenvalue weighted by Gasteiger charge is 2.27. The molecule has 2 saturated heterocycles. The third kappa shape index (κ3) is 4.73. The number of aromatic nitrogens is 1. The fourth-order valence-corrected chi connectivity index (χ4v) is 5.10. The zero-order chi connectivity index (χ0) is 17.8. The van der Waals surface area contributed by atoms with Gasteiger partial charge in [-0.25, -0.2) is 4.98 Å². The summed E-state index contributed by atoms with van der Waals surface area (Å²) in [6.45, 7) is 13.5. The second-order valence-corrected chi connectivity index (χ2v) is 9.00. The molecule has 5 nitrogen and oxygen atoms in total. The second kappa shape index (κ2) is 8.49. The van der Waals surface area contributed by atoms with Crippen LogP contribution in [0, 0.1) is 12.8 Å². The van der Waals surface area contributed by atoms with E-state index >= 15 is 0 Å². The van der Waals surface area contributed by atoms with Crippen molar-refractivity contribution in [1.82, 2.24) is 20.1 Å². The Bertz CT molecular complexity index is 589. The predicted molar refractivity (Wildman–Crippen MR) is 106 cm³/mol. The number of aryl methyl sites for hydroxylation is 1. The van der Waals surface area contributed by atoms with E-state index in [0.29, 0.717) is 5.92 Å². The maximum atomic E-state index is 4.80. The molecule has 3 rings (SSSR count). The van der Waals surface area contributed by atoms with Crippen LogP contribution in [-0.2, 0) is 6.54 Å². The average Bonchev–Trinajstić information content (AvgIpc) is 3.30. The van der Waals surface area contributed by atoms with Crippen molar-refractivity contribution in [3.8, 4) is 0 Å². The number of rotatable bonds is 5. The van der Waals surface area contributed by atoms with Gasteiger partial charge >= 0.3 is 0 Å². The number of aliphatic imine (C=N–C) groups is 1. The van der Waals surface area contributed by atoms with Gasteiger partial charge in [-0.2, -0.15) is 0 Å². The first-order valence-electron chi connectivity index (χ1n) is 9.71. The van der Waals surface area contributed by atoms with E-state index < -0.39 is 0 Å². The molecule has 0 bridgehead atoms. The van der Waals surface area contributed by atoms with Crippen LogP contribution >= 0.6 is 11.3 Å². The Balaban J connectivity index is 1.50. The molecule has 0 amide bonds. The van der Waals surface area contributed by atoms with E-state index in [-0.39, 0.29) is 0 Å². The largest absolute Gasteiger partial charge is 0.350 e. The molecule has 6 heteroatoms. The SMILES string of the molecule is CN=C(NCc1nc(C(C)C)c(C)s1)N1CCC(CN2CCCC2)C1. The van der Waals surface area contributed by atoms with Crippen LogP contribution in [0.2, 0.25) is 0 Å². The topological polar surface area (TPSA) is 43.8 Å². The first kappa shape index (κ1) is 18.6. The standard InChI is InChI=1S/C19H33N5S/c1-14(2)18-15(3)25-17(22-18)11-21-19(20-4)24-10-7-16(13-24)12-23-8-5-6-9-23/h14,16H,5-13H2,1-4H3,(H,20,21). The number of likely N-dealkylation sites (tertiary alicyclic amines) is 2. The van der Waals surface area contributed by atoms with E-state index in [0.717, 1.165) is 36.5 Å². The lowest BCUT2D eigenvalue weighted by Crippen LogP contribution is -2.40. The molecule has 0 aromatic carbocycles. The summed E-state index contributed by atoms with van der Waals surface area (Å²) in [6, 6.07) is 0. The van der Waals surface area contributed by atoms with Gasteiger partial charge in [-0.1, -0.05) is 13.8 Å². The molecule has 0 saturated carbocycles. The van der Waals surface area contributed by atoms with Crippen LogP contribution in [0.15, 0.2) is 4.99 Å². The van der Waals surface area contributed by atoms with Crippen molar-refractivity contribution in [3.63, 3.8) is 0 Å². The van der Waals surface area contributed by atoms with E-state index in [1.807, 2.05) is 7.05 Å². The van der Waals surface area contributed by atoms with Crippen molar-refractivity contribution < 1.29 is 0 Å². The molecule has 1 atom stereocenters. The first-order chi connectivity index (χ1) is 12.1. The van der Waals surface area contributed by atoms with Gasteiger partial charge in [-0.15, -0.1) is 11.3 Å². The minimum Gasteiger partial charge on any atom is -0.350 e. The predicted octanol–water partition coefficient (Wildman–Crippen LogP) is 3.07. The van der Waals surface area contributed by atoms with E-state index in [9.17, 15) is 0 Å². The highest BCUT2D eigenvalue weighted by molar-refractivity contribution is 7.11. The Labute approximate surface area is 156 Å². The van der Waals surface area contributed by atoms with Crippen molar-refractivity contribution in [1.29, 1.82) is 0 Å². The lowest BCUT2D eigenvalue weighted by atomic mass is 10.1. The molecular weight excluding hydrogens is 330 g/mol. The Hall–Kier alpha value is -1.14. The number of nitrogens with one attached hydrogen (secondary N) is 1. The van der Waals surface area contributed by atoms with E-state index in [1.54, 1.807) is 11.3 Å². The molecule has 1 aromatic heterocycles. The van der Waals surface area contributed by atoms with Gasteiger partial charge in [0.2, 0.25) is 0 Å². The van der Waals surface area contributed by atoms with Gasteiger partial charge in [0, 0.05) is 31.6 Å². The fourth-order valence-electron chi connectivity index (χ4n) is 4.07. The van der Waals surface area contributed by atoms with Gasteiger partial charge in [0.05, 0.1) is 12.2 Å². The Kier molecular flexibility index (Phi) is 6.34. The Morgan fingerprint density at radius 1 is 1.32 bits per heavy atom. The highest BCUT2D eigenvalue weighted by Crippen LogP contribution is 2.24. The smallest absolute Gasteiger partial charge is 0.194 e. The Morgan fingerprint density at radius 2 is 2.08 bits per heavy atom. The summed E-state index contributed by atoms with van der Waals surface area (Å²) in [4.78, 5) is 15.7. The minimum absolute atomic E-state index is 0.495. The molecule has 2 aliphatic rings. The van der Waals surface area contributed by atoms with Gasteiger partial charge in [-0.05, 0) is 51.1 Å². The number of guanidine groups is 1. The van der Waals surface area contributed by atoms with E-state index in [1.165, 1.54) is 49.5 Å². The molecule has 1 aromatic rings. The van der Waals surface area contributed by atoms with Crippen molar-refractivity contribution in [2.24, 2.45) is 10.9 Å². The fraction of sp³-hybridized carbons (Fsp3) is 0.789. The quantitative estimate of drug-likeness (QED) is 0.645. The molecule has 140 valence electrons. The third-order valence-corrected chi connectivity index (χ3v) is 6.32. The second-order valence-electron chi connectivity index (χ2n) is 7.71. The molecule has 1 unspecified atom stereocenters. The van der Waals surface area contributed by atoms with Crippen LogP contribution in [0.1, 0.15) is 54.6 Å². The van der Waals surface area contributed by atoms with Crippen LogP contribution < -0.4 is 5.32 Å². The van der Waals surface area contributed by atoms with Crippen molar-refractivity contribution in [2.45, 2.75) is 52.5 Å².